The van der Waals surface area contributed by atoms with Crippen molar-refractivity contribution in [2.24, 2.45) is 28.6 Å². The van der Waals surface area contributed by atoms with E-state index in [9.17, 15) is 9.90 Å². The fourth-order valence-corrected chi connectivity index (χ4v) is 7.56. The number of hydrogen-bond acceptors (Lipinski definition) is 3. The maximum Gasteiger partial charge on any atom is 0.338 e. The van der Waals surface area contributed by atoms with E-state index in [1.54, 1.807) is 0 Å². The third kappa shape index (κ3) is 3.00. The van der Waals surface area contributed by atoms with Gasteiger partial charge in [0.2, 0.25) is 0 Å². The van der Waals surface area contributed by atoms with Gasteiger partial charge in [-0.2, -0.15) is 0 Å². The van der Waals surface area contributed by atoms with Crippen LogP contribution < -0.4 is 0 Å². The molecule has 7 atom stereocenters. The highest BCUT2D eigenvalue weighted by Crippen LogP contribution is 2.65. The van der Waals surface area contributed by atoms with Crippen LogP contribution in [0.5, 0.6) is 0 Å². The molecule has 1 aromatic carbocycles. The van der Waals surface area contributed by atoms with Crippen LogP contribution in [0.25, 0.3) is 0 Å². The molecule has 3 heteroatoms. The van der Waals surface area contributed by atoms with Crippen molar-refractivity contribution >= 4 is 5.97 Å². The summed E-state index contributed by atoms with van der Waals surface area (Å²) in [6, 6.07) is 9.42. The smallest absolute Gasteiger partial charge is 0.338 e. The molecule has 3 saturated carbocycles. The van der Waals surface area contributed by atoms with Crippen LogP contribution in [0.4, 0.5) is 0 Å². The van der Waals surface area contributed by atoms with Crippen LogP contribution in [-0.4, -0.2) is 23.3 Å². The minimum absolute atomic E-state index is 0.0347. The number of allylic oxidation sites excluding steroid dienone is 1. The van der Waals surface area contributed by atoms with Crippen LogP contribution in [0.3, 0.4) is 0 Å². The lowest BCUT2D eigenvalue weighted by Crippen LogP contribution is -2.51. The van der Waals surface area contributed by atoms with E-state index in [4.69, 9.17) is 4.74 Å². The molecule has 0 radical (unpaired) electrons. The molecule has 4 aliphatic carbocycles. The van der Waals surface area contributed by atoms with Crippen molar-refractivity contribution < 1.29 is 14.6 Å². The summed E-state index contributed by atoms with van der Waals surface area (Å²) in [5.74, 6) is 1.88. The minimum atomic E-state index is -0.168. The standard InChI is InChI=1S/C26H34O3/c1-25-14-12-19(27)16-18(25)8-9-20-21-10-11-23(26(21,2)15-13-22(20)25)29-24(28)17-6-4-3-5-7-17/h3-8,19-23,27H,9-16H2,1-2H3/t19-,20-,21-,22-,23-,25-,26-/m1/s1. The highest BCUT2D eigenvalue weighted by Gasteiger charge is 2.59. The van der Waals surface area contributed by atoms with Crippen LogP contribution in [0.2, 0.25) is 0 Å². The summed E-state index contributed by atoms with van der Waals surface area (Å²) in [5.41, 5.74) is 2.54. The largest absolute Gasteiger partial charge is 0.458 e. The lowest BCUT2D eigenvalue weighted by molar-refractivity contribution is -0.0778. The number of esters is 1. The van der Waals surface area contributed by atoms with Gasteiger partial charge in [0.25, 0.3) is 0 Å². The Balaban J connectivity index is 1.36. The molecule has 4 aliphatic rings. The quantitative estimate of drug-likeness (QED) is 0.529. The first kappa shape index (κ1) is 19.4. The summed E-state index contributed by atoms with van der Waals surface area (Å²) in [5, 5.41) is 10.2. The Morgan fingerprint density at radius 1 is 1.03 bits per heavy atom. The second-order valence-electron chi connectivity index (χ2n) is 10.5. The molecule has 3 nitrogen and oxygen atoms in total. The molecular weight excluding hydrogens is 360 g/mol. The average molecular weight is 395 g/mol. The SMILES string of the molecule is C[C@@]12CC[C@@H]3[C@H](CC=C4C[C@H](O)CC[C@]43C)[C@H]1CC[C@H]2OC(=O)c1ccccc1. The second kappa shape index (κ2) is 6.97. The molecule has 0 aromatic heterocycles. The van der Waals surface area contributed by atoms with E-state index < -0.39 is 0 Å². The zero-order valence-electron chi connectivity index (χ0n) is 17.8. The Hall–Kier alpha value is -1.61. The van der Waals surface area contributed by atoms with E-state index in [-0.39, 0.29) is 29.0 Å². The Morgan fingerprint density at radius 2 is 1.83 bits per heavy atom. The van der Waals surface area contributed by atoms with Crippen molar-refractivity contribution in [2.75, 3.05) is 0 Å². The van der Waals surface area contributed by atoms with Gasteiger partial charge in [0, 0.05) is 5.41 Å². The van der Waals surface area contributed by atoms with Crippen molar-refractivity contribution in [3.63, 3.8) is 0 Å². The first-order valence-corrected chi connectivity index (χ1v) is 11.6. The third-order valence-electron chi connectivity index (χ3n) is 9.25. The molecule has 0 amide bonds. The summed E-state index contributed by atoms with van der Waals surface area (Å²) >= 11 is 0. The number of benzene rings is 1. The normalized spacial score (nSPS) is 43.6. The van der Waals surface area contributed by atoms with Crippen LogP contribution in [-0.2, 0) is 4.74 Å². The van der Waals surface area contributed by atoms with Crippen molar-refractivity contribution in [3.05, 3.63) is 47.5 Å². The van der Waals surface area contributed by atoms with E-state index in [0.29, 0.717) is 17.4 Å². The Kier molecular flexibility index (Phi) is 4.66. The molecular formula is C26H34O3. The van der Waals surface area contributed by atoms with Gasteiger partial charge in [-0.3, -0.25) is 0 Å². The van der Waals surface area contributed by atoms with Crippen LogP contribution >= 0.6 is 0 Å². The van der Waals surface area contributed by atoms with E-state index in [1.807, 2.05) is 30.3 Å². The van der Waals surface area contributed by atoms with E-state index >= 15 is 0 Å². The Labute approximate surface area is 174 Å². The van der Waals surface area contributed by atoms with E-state index in [0.717, 1.165) is 44.4 Å². The van der Waals surface area contributed by atoms with Gasteiger partial charge < -0.3 is 9.84 Å². The summed E-state index contributed by atoms with van der Waals surface area (Å²) in [7, 11) is 0. The number of rotatable bonds is 2. The number of hydrogen-bond donors (Lipinski definition) is 1. The third-order valence-corrected chi connectivity index (χ3v) is 9.25. The zero-order chi connectivity index (χ0) is 20.2. The van der Waals surface area contributed by atoms with Gasteiger partial charge in [0.05, 0.1) is 11.7 Å². The molecule has 0 heterocycles. The van der Waals surface area contributed by atoms with E-state index in [2.05, 4.69) is 19.9 Å². The number of aliphatic hydroxyl groups is 1. The first-order chi connectivity index (χ1) is 13.9. The monoisotopic (exact) mass is 394 g/mol. The number of ether oxygens (including phenoxy) is 1. The van der Waals surface area contributed by atoms with Gasteiger partial charge in [-0.05, 0) is 86.7 Å². The topological polar surface area (TPSA) is 46.5 Å². The van der Waals surface area contributed by atoms with E-state index in [1.165, 1.54) is 18.4 Å². The zero-order valence-corrected chi connectivity index (χ0v) is 17.8. The predicted octanol–water partition coefficient (Wildman–Crippen LogP) is 5.54. The van der Waals surface area contributed by atoms with Crippen molar-refractivity contribution in [1.82, 2.24) is 0 Å². The molecule has 156 valence electrons. The number of aliphatic hydroxyl groups excluding tert-OH is 1. The lowest BCUT2D eigenvalue weighted by atomic mass is 9.48. The maximum atomic E-state index is 12.7. The maximum absolute atomic E-state index is 12.7. The summed E-state index contributed by atoms with van der Waals surface area (Å²) < 4.78 is 6.11. The second-order valence-corrected chi connectivity index (χ2v) is 10.5. The highest BCUT2D eigenvalue weighted by atomic mass is 16.5. The van der Waals surface area contributed by atoms with Gasteiger partial charge >= 0.3 is 5.97 Å². The molecule has 5 rings (SSSR count). The number of fused-ring (bicyclic) bond motifs is 5. The Bertz CT molecular complexity index is 815. The fourth-order valence-electron chi connectivity index (χ4n) is 7.56. The van der Waals surface area contributed by atoms with Gasteiger partial charge in [0.1, 0.15) is 6.10 Å². The van der Waals surface area contributed by atoms with Crippen molar-refractivity contribution in [3.8, 4) is 0 Å². The lowest BCUT2D eigenvalue weighted by Gasteiger charge is -2.57. The summed E-state index contributed by atoms with van der Waals surface area (Å²) in [6.45, 7) is 4.85. The Morgan fingerprint density at radius 3 is 2.62 bits per heavy atom. The first-order valence-electron chi connectivity index (χ1n) is 11.6. The highest BCUT2D eigenvalue weighted by molar-refractivity contribution is 5.89. The van der Waals surface area contributed by atoms with Gasteiger partial charge in [-0.15, -0.1) is 0 Å². The van der Waals surface area contributed by atoms with Crippen LogP contribution in [0.1, 0.15) is 75.6 Å². The molecule has 29 heavy (non-hydrogen) atoms. The summed E-state index contributed by atoms with van der Waals surface area (Å²) in [4.78, 5) is 12.7. The average Bonchev–Trinajstić information content (AvgIpc) is 3.05. The van der Waals surface area contributed by atoms with Gasteiger partial charge in [-0.25, -0.2) is 4.79 Å². The molecule has 1 aromatic rings. The molecule has 0 saturated heterocycles. The van der Waals surface area contributed by atoms with Gasteiger partial charge in [-0.1, -0.05) is 43.7 Å². The molecule has 1 N–H and O–H groups in total. The summed E-state index contributed by atoms with van der Waals surface area (Å²) in [6.07, 6.45) is 11.0. The fraction of sp³-hybridized carbons (Fsp3) is 0.654. The molecule has 3 fully saturated rings. The minimum Gasteiger partial charge on any atom is -0.458 e. The number of carbonyl (C=O) groups is 1. The van der Waals surface area contributed by atoms with Crippen molar-refractivity contribution in [1.29, 1.82) is 0 Å². The van der Waals surface area contributed by atoms with Crippen LogP contribution in [0, 0.1) is 28.6 Å². The molecule has 0 bridgehead atoms. The molecule has 0 unspecified atom stereocenters. The number of carbonyl (C=O) groups excluding carboxylic acids is 1. The molecule has 0 spiro atoms. The van der Waals surface area contributed by atoms with Gasteiger partial charge in [0.15, 0.2) is 0 Å². The van der Waals surface area contributed by atoms with Crippen LogP contribution in [0.15, 0.2) is 42.0 Å². The van der Waals surface area contributed by atoms with Crippen molar-refractivity contribution in [2.45, 2.75) is 77.4 Å². The molecule has 0 aliphatic heterocycles. The predicted molar refractivity (Wildman–Crippen MR) is 113 cm³/mol.